The van der Waals surface area contributed by atoms with Crippen LogP contribution in [0.2, 0.25) is 0 Å². The summed E-state index contributed by atoms with van der Waals surface area (Å²) in [7, 11) is 1.66. The quantitative estimate of drug-likeness (QED) is 0.859. The zero-order valence-corrected chi connectivity index (χ0v) is 14.3. The van der Waals surface area contributed by atoms with Crippen LogP contribution in [0.1, 0.15) is 23.1 Å². The number of hydrogen-bond donors (Lipinski definition) is 0. The van der Waals surface area contributed by atoms with Crippen molar-refractivity contribution in [3.05, 3.63) is 53.1 Å². The molecule has 5 heteroatoms. The van der Waals surface area contributed by atoms with Crippen molar-refractivity contribution in [2.24, 2.45) is 0 Å². The fourth-order valence-electron chi connectivity index (χ4n) is 3.47. The number of amides is 1. The van der Waals surface area contributed by atoms with Crippen molar-refractivity contribution >= 4 is 5.91 Å². The molecule has 0 aromatic heterocycles. The molecule has 2 aliphatic heterocycles. The first-order valence-electron chi connectivity index (χ1n) is 8.55. The van der Waals surface area contributed by atoms with E-state index in [1.165, 1.54) is 5.56 Å². The fourth-order valence-corrected chi connectivity index (χ4v) is 3.47. The Kier molecular flexibility index (Phi) is 4.22. The Hall–Kier alpha value is -2.69. The van der Waals surface area contributed by atoms with Crippen molar-refractivity contribution in [1.82, 2.24) is 4.90 Å². The zero-order chi connectivity index (χ0) is 17.2. The van der Waals surface area contributed by atoms with Gasteiger partial charge in [0.25, 0.3) is 0 Å². The number of hydrogen-bond acceptors (Lipinski definition) is 4. The van der Waals surface area contributed by atoms with Crippen molar-refractivity contribution in [2.45, 2.75) is 25.8 Å². The molecule has 0 radical (unpaired) electrons. The van der Waals surface area contributed by atoms with Gasteiger partial charge in [0.05, 0.1) is 7.11 Å². The van der Waals surface area contributed by atoms with E-state index in [-0.39, 0.29) is 12.7 Å². The Bertz CT molecular complexity index is 802. The highest BCUT2D eigenvalue weighted by Crippen LogP contribution is 2.36. The first-order chi connectivity index (χ1) is 12.2. The third-order valence-corrected chi connectivity index (χ3v) is 4.86. The van der Waals surface area contributed by atoms with Crippen LogP contribution in [0.3, 0.4) is 0 Å². The molecule has 0 spiro atoms. The van der Waals surface area contributed by atoms with Gasteiger partial charge in [0.15, 0.2) is 11.5 Å². The predicted octanol–water partition coefficient (Wildman–Crippen LogP) is 2.94. The number of aryl methyl sites for hydroxylation is 1. The molecule has 0 aliphatic carbocycles. The Morgan fingerprint density at radius 1 is 1.16 bits per heavy atom. The molecule has 0 atom stereocenters. The first kappa shape index (κ1) is 15.8. The molecule has 25 heavy (non-hydrogen) atoms. The van der Waals surface area contributed by atoms with E-state index in [9.17, 15) is 4.79 Å². The van der Waals surface area contributed by atoms with Crippen molar-refractivity contribution < 1.29 is 19.0 Å². The smallest absolute Gasteiger partial charge is 0.231 e. The average Bonchev–Trinajstić information content (AvgIpc) is 3.11. The molecule has 0 bridgehead atoms. The lowest BCUT2D eigenvalue weighted by Gasteiger charge is -2.29. The van der Waals surface area contributed by atoms with Gasteiger partial charge in [0.1, 0.15) is 5.75 Å². The van der Waals surface area contributed by atoms with Crippen molar-refractivity contribution in [3.63, 3.8) is 0 Å². The number of methoxy groups -OCH3 is 1. The van der Waals surface area contributed by atoms with Crippen molar-refractivity contribution in [3.8, 4) is 17.2 Å². The normalized spacial score (nSPS) is 15.0. The van der Waals surface area contributed by atoms with E-state index in [4.69, 9.17) is 14.2 Å². The van der Waals surface area contributed by atoms with E-state index >= 15 is 0 Å². The second-order valence-electron chi connectivity index (χ2n) is 6.35. The van der Waals surface area contributed by atoms with Crippen LogP contribution >= 0.6 is 0 Å². The van der Waals surface area contributed by atoms with E-state index in [0.717, 1.165) is 41.3 Å². The summed E-state index contributed by atoms with van der Waals surface area (Å²) in [5, 5.41) is 0. The SMILES string of the molecule is COc1ccccc1CCC(=O)N1CCc2cc3c(cc2C1)OCO3. The van der Waals surface area contributed by atoms with Gasteiger partial charge >= 0.3 is 0 Å². The second-order valence-corrected chi connectivity index (χ2v) is 6.35. The minimum atomic E-state index is 0.175. The molecule has 0 unspecified atom stereocenters. The molecule has 0 saturated carbocycles. The number of fused-ring (bicyclic) bond motifs is 2. The minimum Gasteiger partial charge on any atom is -0.496 e. The molecule has 5 nitrogen and oxygen atoms in total. The molecule has 4 rings (SSSR count). The number of ether oxygens (including phenoxy) is 3. The summed E-state index contributed by atoms with van der Waals surface area (Å²) in [6, 6.07) is 11.9. The lowest BCUT2D eigenvalue weighted by molar-refractivity contribution is -0.132. The minimum absolute atomic E-state index is 0.175. The average molecular weight is 339 g/mol. The third kappa shape index (κ3) is 3.14. The summed E-state index contributed by atoms with van der Waals surface area (Å²) in [5.74, 6) is 2.61. The van der Waals surface area contributed by atoms with E-state index < -0.39 is 0 Å². The molecular formula is C20H21NO4. The zero-order valence-electron chi connectivity index (χ0n) is 14.3. The first-order valence-corrected chi connectivity index (χ1v) is 8.55. The maximum atomic E-state index is 12.6. The molecule has 2 heterocycles. The number of para-hydroxylation sites is 1. The lowest BCUT2D eigenvalue weighted by atomic mass is 9.98. The largest absolute Gasteiger partial charge is 0.496 e. The van der Waals surface area contributed by atoms with Gasteiger partial charge in [-0.25, -0.2) is 0 Å². The maximum absolute atomic E-state index is 12.6. The summed E-state index contributed by atoms with van der Waals surface area (Å²) in [6.07, 6.45) is 2.03. The van der Waals surface area contributed by atoms with Gasteiger partial charge in [0, 0.05) is 19.5 Å². The topological polar surface area (TPSA) is 48.0 Å². The molecule has 0 saturated heterocycles. The number of carbonyl (C=O) groups is 1. The Balaban J connectivity index is 1.42. The van der Waals surface area contributed by atoms with Crippen LogP contribution in [-0.2, 0) is 24.2 Å². The maximum Gasteiger partial charge on any atom is 0.231 e. The number of carbonyl (C=O) groups excluding carboxylic acids is 1. The Morgan fingerprint density at radius 3 is 2.72 bits per heavy atom. The van der Waals surface area contributed by atoms with Crippen LogP contribution < -0.4 is 14.2 Å². The highest BCUT2D eigenvalue weighted by atomic mass is 16.7. The highest BCUT2D eigenvalue weighted by molar-refractivity contribution is 5.77. The summed E-state index contributed by atoms with van der Waals surface area (Å²) in [6.45, 7) is 1.66. The predicted molar refractivity (Wildman–Crippen MR) is 93.0 cm³/mol. The van der Waals surface area contributed by atoms with E-state index in [0.29, 0.717) is 19.4 Å². The van der Waals surface area contributed by atoms with Crippen molar-refractivity contribution in [2.75, 3.05) is 20.4 Å². The standard InChI is InChI=1S/C20H21NO4/c1-23-17-5-3-2-4-14(17)6-7-20(22)21-9-8-15-10-18-19(25-13-24-18)11-16(15)12-21/h2-5,10-11H,6-9,12-13H2,1H3. The molecule has 130 valence electrons. The number of nitrogens with zero attached hydrogens (tertiary/aromatic N) is 1. The molecule has 2 aliphatic rings. The third-order valence-electron chi connectivity index (χ3n) is 4.86. The van der Waals surface area contributed by atoms with Gasteiger partial charge in [0.2, 0.25) is 12.7 Å². The van der Waals surface area contributed by atoms with E-state index in [1.807, 2.05) is 41.3 Å². The van der Waals surface area contributed by atoms with Gasteiger partial charge < -0.3 is 19.1 Å². The molecule has 2 aromatic carbocycles. The van der Waals surface area contributed by atoms with Crippen LogP contribution in [0.4, 0.5) is 0 Å². The Labute approximate surface area is 147 Å². The van der Waals surface area contributed by atoms with Gasteiger partial charge in [-0.1, -0.05) is 18.2 Å². The van der Waals surface area contributed by atoms with E-state index in [2.05, 4.69) is 0 Å². The number of benzene rings is 2. The molecule has 0 fully saturated rings. The molecular weight excluding hydrogens is 318 g/mol. The van der Waals surface area contributed by atoms with Gasteiger partial charge in [-0.15, -0.1) is 0 Å². The molecule has 0 N–H and O–H groups in total. The summed E-state index contributed by atoms with van der Waals surface area (Å²) in [4.78, 5) is 14.6. The second kappa shape index (κ2) is 6.67. The van der Waals surface area contributed by atoms with Crippen LogP contribution in [0, 0.1) is 0 Å². The van der Waals surface area contributed by atoms with Crippen molar-refractivity contribution in [1.29, 1.82) is 0 Å². The van der Waals surface area contributed by atoms with E-state index in [1.54, 1.807) is 7.11 Å². The monoisotopic (exact) mass is 339 g/mol. The lowest BCUT2D eigenvalue weighted by Crippen LogP contribution is -2.36. The van der Waals surface area contributed by atoms with Gasteiger partial charge in [-0.3, -0.25) is 4.79 Å². The summed E-state index contributed by atoms with van der Waals surface area (Å²) < 4.78 is 16.2. The fraction of sp³-hybridized carbons (Fsp3) is 0.350. The summed E-state index contributed by atoms with van der Waals surface area (Å²) in [5.41, 5.74) is 3.47. The van der Waals surface area contributed by atoms with Crippen LogP contribution in [0.25, 0.3) is 0 Å². The number of rotatable bonds is 4. The van der Waals surface area contributed by atoms with Gasteiger partial charge in [-0.05, 0) is 47.7 Å². The summed E-state index contributed by atoms with van der Waals surface area (Å²) >= 11 is 0. The Morgan fingerprint density at radius 2 is 1.92 bits per heavy atom. The van der Waals surface area contributed by atoms with Crippen LogP contribution in [0.5, 0.6) is 17.2 Å². The van der Waals surface area contributed by atoms with Gasteiger partial charge in [-0.2, -0.15) is 0 Å². The molecule has 1 amide bonds. The van der Waals surface area contributed by atoms with Crippen LogP contribution in [-0.4, -0.2) is 31.3 Å². The van der Waals surface area contributed by atoms with Crippen LogP contribution in [0.15, 0.2) is 36.4 Å². The molecule has 2 aromatic rings. The highest BCUT2D eigenvalue weighted by Gasteiger charge is 2.24.